The first-order valence-electron chi connectivity index (χ1n) is 8.64. The number of amides is 1. The number of hydrogen-bond acceptors (Lipinski definition) is 6. The second kappa shape index (κ2) is 8.19. The molecule has 0 saturated carbocycles. The van der Waals surface area contributed by atoms with Crippen LogP contribution in [-0.2, 0) is 4.79 Å². The quantitative estimate of drug-likeness (QED) is 0.787. The maximum Gasteiger partial charge on any atom is 0.235 e. The summed E-state index contributed by atoms with van der Waals surface area (Å²) in [7, 11) is 0. The lowest BCUT2D eigenvalue weighted by atomic mass is 9.99. The molecule has 2 heterocycles. The molecule has 1 aromatic carbocycles. The van der Waals surface area contributed by atoms with Gasteiger partial charge in [0.1, 0.15) is 0 Å². The minimum Gasteiger partial charge on any atom is -0.342 e. The van der Waals surface area contributed by atoms with Crippen LogP contribution in [-0.4, -0.2) is 39.3 Å². The fourth-order valence-corrected chi connectivity index (χ4v) is 4.76. The van der Waals surface area contributed by atoms with Crippen molar-refractivity contribution in [3.8, 4) is 0 Å². The van der Waals surface area contributed by atoms with Gasteiger partial charge in [-0.05, 0) is 44.7 Å². The van der Waals surface area contributed by atoms with Crippen molar-refractivity contribution < 1.29 is 4.79 Å². The number of aryl methyl sites for hydroxylation is 1. The highest BCUT2D eigenvalue weighted by Gasteiger charge is 2.25. The van der Waals surface area contributed by atoms with Gasteiger partial charge in [-0.2, -0.15) is 0 Å². The van der Waals surface area contributed by atoms with E-state index in [9.17, 15) is 4.79 Å². The minimum atomic E-state index is -0.131. The predicted molar refractivity (Wildman–Crippen MR) is 105 cm³/mol. The number of carbonyl (C=O) groups excluding carboxylic acids is 1. The second-order valence-electron chi connectivity index (χ2n) is 6.63. The maximum atomic E-state index is 12.6. The lowest BCUT2D eigenvalue weighted by Gasteiger charge is -2.31. The molecule has 7 heteroatoms. The van der Waals surface area contributed by atoms with Gasteiger partial charge in [-0.1, -0.05) is 47.7 Å². The highest BCUT2D eigenvalue weighted by Crippen LogP contribution is 2.31. The van der Waals surface area contributed by atoms with Crippen LogP contribution in [0.2, 0.25) is 0 Å². The van der Waals surface area contributed by atoms with Crippen molar-refractivity contribution in [1.82, 2.24) is 15.1 Å². The summed E-state index contributed by atoms with van der Waals surface area (Å²) in [5.41, 5.74) is 2.21. The van der Waals surface area contributed by atoms with Gasteiger partial charge in [0.05, 0.1) is 5.25 Å². The largest absolute Gasteiger partial charge is 0.342 e. The molecular formula is C18H24N4OS2. The van der Waals surface area contributed by atoms with Crippen LogP contribution in [0.4, 0.5) is 10.8 Å². The van der Waals surface area contributed by atoms with Crippen LogP contribution in [0.3, 0.4) is 0 Å². The summed E-state index contributed by atoms with van der Waals surface area (Å²) in [4.78, 5) is 14.6. The van der Waals surface area contributed by atoms with Gasteiger partial charge in [0.25, 0.3) is 0 Å². The molecular weight excluding hydrogens is 352 g/mol. The van der Waals surface area contributed by atoms with Crippen molar-refractivity contribution in [2.75, 3.05) is 18.4 Å². The van der Waals surface area contributed by atoms with Crippen molar-refractivity contribution in [3.63, 3.8) is 0 Å². The van der Waals surface area contributed by atoms with Crippen molar-refractivity contribution >= 4 is 39.8 Å². The average Bonchev–Trinajstić information content (AvgIpc) is 3.04. The molecule has 1 fully saturated rings. The van der Waals surface area contributed by atoms with E-state index < -0.39 is 0 Å². The summed E-state index contributed by atoms with van der Waals surface area (Å²) >= 11 is 2.98. The van der Waals surface area contributed by atoms with Crippen LogP contribution in [0.1, 0.15) is 32.3 Å². The molecule has 1 aliphatic heterocycles. The van der Waals surface area contributed by atoms with E-state index in [0.29, 0.717) is 0 Å². The Morgan fingerprint density at radius 1 is 1.28 bits per heavy atom. The molecule has 1 amide bonds. The van der Waals surface area contributed by atoms with Crippen molar-refractivity contribution in [2.24, 2.45) is 5.92 Å². The zero-order valence-electron chi connectivity index (χ0n) is 14.9. The highest BCUT2D eigenvalue weighted by molar-refractivity contribution is 8.02. The number of aromatic nitrogens is 2. The van der Waals surface area contributed by atoms with E-state index >= 15 is 0 Å². The molecule has 0 spiro atoms. The predicted octanol–water partition coefficient (Wildman–Crippen LogP) is 4.33. The molecule has 1 saturated heterocycles. The average molecular weight is 377 g/mol. The fraction of sp³-hybridized carbons (Fsp3) is 0.500. The Balaban J connectivity index is 1.55. The van der Waals surface area contributed by atoms with Crippen molar-refractivity contribution in [3.05, 3.63) is 29.8 Å². The number of piperidine rings is 1. The number of carbonyl (C=O) groups is 1. The Hall–Kier alpha value is -1.60. The first-order valence-corrected chi connectivity index (χ1v) is 10.3. The highest BCUT2D eigenvalue weighted by atomic mass is 32.2. The lowest BCUT2D eigenvalue weighted by Crippen LogP contribution is -2.41. The molecule has 0 aliphatic carbocycles. The standard InChI is InChI=1S/C18H24N4OS2/c1-12-4-6-15(7-5-12)19-17-20-21-18(25-17)24-14(3)16(23)22-10-8-13(2)9-11-22/h4-7,13-14H,8-11H2,1-3H3,(H,19,20)/t14-/m1/s1. The monoisotopic (exact) mass is 376 g/mol. The Morgan fingerprint density at radius 3 is 2.64 bits per heavy atom. The van der Waals surface area contributed by atoms with Gasteiger partial charge in [0, 0.05) is 18.8 Å². The van der Waals surface area contributed by atoms with Crippen LogP contribution in [0.25, 0.3) is 0 Å². The molecule has 1 atom stereocenters. The summed E-state index contributed by atoms with van der Waals surface area (Å²) < 4.78 is 0.820. The van der Waals surface area contributed by atoms with E-state index in [2.05, 4.69) is 41.5 Å². The van der Waals surface area contributed by atoms with E-state index in [1.54, 1.807) is 0 Å². The molecule has 25 heavy (non-hydrogen) atoms. The molecule has 3 rings (SSSR count). The Labute approximate surface area is 157 Å². The molecule has 5 nitrogen and oxygen atoms in total. The summed E-state index contributed by atoms with van der Waals surface area (Å²) in [6.45, 7) is 8.02. The molecule has 0 unspecified atom stereocenters. The van der Waals surface area contributed by atoms with Crippen LogP contribution in [0.15, 0.2) is 28.6 Å². The zero-order valence-corrected chi connectivity index (χ0v) is 16.5. The Kier molecular flexibility index (Phi) is 5.96. The van der Waals surface area contributed by atoms with Gasteiger partial charge < -0.3 is 10.2 Å². The third-order valence-electron chi connectivity index (χ3n) is 4.43. The topological polar surface area (TPSA) is 58.1 Å². The third-order valence-corrected chi connectivity index (χ3v) is 6.44. The number of rotatable bonds is 5. The summed E-state index contributed by atoms with van der Waals surface area (Å²) in [6, 6.07) is 8.15. The molecule has 1 N–H and O–H groups in total. The van der Waals surface area contributed by atoms with Gasteiger partial charge in [-0.15, -0.1) is 10.2 Å². The van der Waals surface area contributed by atoms with Gasteiger partial charge in [-0.3, -0.25) is 4.79 Å². The molecule has 2 aromatic rings. The fourth-order valence-electron chi connectivity index (χ4n) is 2.76. The first-order chi connectivity index (χ1) is 12.0. The van der Waals surface area contributed by atoms with Crippen LogP contribution < -0.4 is 5.32 Å². The summed E-state index contributed by atoms with van der Waals surface area (Å²) in [5, 5.41) is 12.3. The number of thioether (sulfide) groups is 1. The smallest absolute Gasteiger partial charge is 0.235 e. The first kappa shape index (κ1) is 18.2. The van der Waals surface area contributed by atoms with E-state index in [1.807, 2.05) is 24.0 Å². The van der Waals surface area contributed by atoms with E-state index in [-0.39, 0.29) is 11.2 Å². The van der Waals surface area contributed by atoms with Gasteiger partial charge >= 0.3 is 0 Å². The van der Waals surface area contributed by atoms with Gasteiger partial charge in [0.2, 0.25) is 11.0 Å². The molecule has 1 aliphatic rings. The molecule has 0 radical (unpaired) electrons. The number of anilines is 2. The van der Waals surface area contributed by atoms with Gasteiger partial charge in [-0.25, -0.2) is 0 Å². The molecule has 0 bridgehead atoms. The molecule has 134 valence electrons. The number of nitrogens with zero attached hydrogens (tertiary/aromatic N) is 3. The summed E-state index contributed by atoms with van der Waals surface area (Å²) in [6.07, 6.45) is 2.21. The number of benzene rings is 1. The zero-order chi connectivity index (χ0) is 17.8. The number of likely N-dealkylation sites (tertiary alicyclic amines) is 1. The second-order valence-corrected chi connectivity index (χ2v) is 9.20. The van der Waals surface area contributed by atoms with E-state index in [0.717, 1.165) is 47.0 Å². The van der Waals surface area contributed by atoms with E-state index in [1.165, 1.54) is 28.7 Å². The third kappa shape index (κ3) is 4.95. The Morgan fingerprint density at radius 2 is 1.96 bits per heavy atom. The van der Waals surface area contributed by atoms with Crippen molar-refractivity contribution in [2.45, 2.75) is 43.2 Å². The number of hydrogen-bond donors (Lipinski definition) is 1. The lowest BCUT2D eigenvalue weighted by molar-refractivity contribution is -0.131. The van der Waals surface area contributed by atoms with E-state index in [4.69, 9.17) is 0 Å². The van der Waals surface area contributed by atoms with Crippen LogP contribution in [0, 0.1) is 12.8 Å². The number of nitrogens with one attached hydrogen (secondary N) is 1. The van der Waals surface area contributed by atoms with Crippen molar-refractivity contribution in [1.29, 1.82) is 0 Å². The Bertz CT molecular complexity index is 708. The van der Waals surface area contributed by atoms with Crippen LogP contribution in [0.5, 0.6) is 0 Å². The van der Waals surface area contributed by atoms with Gasteiger partial charge in [0.15, 0.2) is 4.34 Å². The SMILES string of the molecule is Cc1ccc(Nc2nnc(S[C@H](C)C(=O)N3CCC(C)CC3)s2)cc1. The normalized spacial score (nSPS) is 16.7. The molecule has 1 aromatic heterocycles. The minimum absolute atomic E-state index is 0.131. The van der Waals surface area contributed by atoms with Crippen LogP contribution >= 0.6 is 23.1 Å². The maximum absolute atomic E-state index is 12.6. The summed E-state index contributed by atoms with van der Waals surface area (Å²) in [5.74, 6) is 0.936.